The van der Waals surface area contributed by atoms with Gasteiger partial charge in [0.1, 0.15) is 0 Å². The highest BCUT2D eigenvalue weighted by atomic mass is 15.3. The van der Waals surface area contributed by atoms with Gasteiger partial charge >= 0.3 is 0 Å². The lowest BCUT2D eigenvalue weighted by Crippen LogP contribution is -2.45. The van der Waals surface area contributed by atoms with Gasteiger partial charge in [-0.15, -0.1) is 0 Å². The molecule has 3 atom stereocenters. The summed E-state index contributed by atoms with van der Waals surface area (Å²) in [7, 11) is 1.99. The van der Waals surface area contributed by atoms with Crippen LogP contribution in [0.5, 0.6) is 0 Å². The van der Waals surface area contributed by atoms with Crippen molar-refractivity contribution < 1.29 is 0 Å². The van der Waals surface area contributed by atoms with Crippen molar-refractivity contribution in [2.75, 3.05) is 7.05 Å². The number of likely N-dealkylation sites (N-methyl/N-ethyl adjacent to an activating group) is 1. The Morgan fingerprint density at radius 3 is 2.57 bits per heavy atom. The molecule has 14 heavy (non-hydrogen) atoms. The topological polar surface area (TPSA) is 55.3 Å². The predicted molar refractivity (Wildman–Crippen MR) is 58.3 cm³/mol. The van der Waals surface area contributed by atoms with Gasteiger partial charge in [0, 0.05) is 0 Å². The Bertz CT molecular complexity index is 316. The fraction of sp³-hybridized carbons (Fsp3) is 0.636. The van der Waals surface area contributed by atoms with Gasteiger partial charge in [-0.05, 0) is 43.0 Å². The Balaban J connectivity index is 2.47. The van der Waals surface area contributed by atoms with Crippen molar-refractivity contribution in [2.24, 2.45) is 17.4 Å². The summed E-state index contributed by atoms with van der Waals surface area (Å²) < 4.78 is 0. The third-order valence-electron chi connectivity index (χ3n) is 3.54. The van der Waals surface area contributed by atoms with E-state index in [1.807, 2.05) is 11.9 Å². The molecule has 3 nitrogen and oxygen atoms in total. The van der Waals surface area contributed by atoms with Crippen LogP contribution in [0.15, 0.2) is 22.8 Å². The zero-order chi connectivity index (χ0) is 10.5. The van der Waals surface area contributed by atoms with Crippen LogP contribution in [0.4, 0.5) is 0 Å². The van der Waals surface area contributed by atoms with Gasteiger partial charge < -0.3 is 11.5 Å². The van der Waals surface area contributed by atoms with Gasteiger partial charge in [-0.1, -0.05) is 13.0 Å². The molecule has 0 aromatic rings. The second kappa shape index (κ2) is 3.19. The van der Waals surface area contributed by atoms with E-state index in [4.69, 9.17) is 11.5 Å². The molecule has 0 saturated heterocycles. The molecule has 2 rings (SSSR count). The third-order valence-corrected chi connectivity index (χ3v) is 3.54. The highest BCUT2D eigenvalue weighted by molar-refractivity contribution is 5.46. The van der Waals surface area contributed by atoms with Gasteiger partial charge in [-0.25, -0.2) is 0 Å². The van der Waals surface area contributed by atoms with E-state index in [9.17, 15) is 0 Å². The molecule has 1 heterocycles. The Hall–Kier alpha value is -0.640. The quantitative estimate of drug-likeness (QED) is 0.598. The van der Waals surface area contributed by atoms with E-state index in [-0.39, 0.29) is 12.3 Å². The highest BCUT2D eigenvalue weighted by Crippen LogP contribution is 2.38. The molecule has 1 aliphatic heterocycles. The minimum Gasteiger partial charge on any atom is -0.312 e. The average molecular weight is 193 g/mol. The van der Waals surface area contributed by atoms with Crippen molar-refractivity contribution in [3.63, 3.8) is 0 Å². The van der Waals surface area contributed by atoms with Crippen molar-refractivity contribution >= 4 is 0 Å². The second-order valence-electron chi connectivity index (χ2n) is 4.45. The van der Waals surface area contributed by atoms with Crippen molar-refractivity contribution in [2.45, 2.75) is 32.6 Å². The summed E-state index contributed by atoms with van der Waals surface area (Å²) in [4.78, 5) is 2.05. The minimum atomic E-state index is -0.0148. The van der Waals surface area contributed by atoms with Gasteiger partial charge in [0.15, 0.2) is 0 Å². The Morgan fingerprint density at radius 1 is 1.36 bits per heavy atom. The fourth-order valence-electron chi connectivity index (χ4n) is 2.53. The van der Waals surface area contributed by atoms with E-state index < -0.39 is 0 Å². The average Bonchev–Trinajstić information content (AvgIpc) is 2.38. The minimum absolute atomic E-state index is 0.0126. The molecule has 0 aromatic heterocycles. The molecular formula is C11H19N3. The van der Waals surface area contributed by atoms with Crippen LogP contribution in [-0.2, 0) is 0 Å². The maximum Gasteiger partial charge on any atom is 0.0850 e. The Kier molecular flexibility index (Phi) is 2.26. The Morgan fingerprint density at radius 2 is 2.00 bits per heavy atom. The smallest absolute Gasteiger partial charge is 0.0850 e. The molecule has 4 N–H and O–H groups in total. The van der Waals surface area contributed by atoms with Crippen molar-refractivity contribution in [3.05, 3.63) is 22.8 Å². The summed E-state index contributed by atoms with van der Waals surface area (Å²) in [6, 6.07) is 0. The SMILES string of the molecule is CC1=CCC(C)C2=C1C(N)N(C)C2N. The van der Waals surface area contributed by atoms with Crippen molar-refractivity contribution in [3.8, 4) is 0 Å². The molecule has 2 aliphatic rings. The molecule has 0 aromatic carbocycles. The molecule has 1 aliphatic carbocycles. The summed E-state index contributed by atoms with van der Waals surface area (Å²) >= 11 is 0. The van der Waals surface area contributed by atoms with Crippen LogP contribution in [0.1, 0.15) is 20.3 Å². The van der Waals surface area contributed by atoms with Crippen molar-refractivity contribution in [1.82, 2.24) is 4.90 Å². The fourth-order valence-corrected chi connectivity index (χ4v) is 2.53. The third kappa shape index (κ3) is 1.16. The lowest BCUT2D eigenvalue weighted by atomic mass is 9.84. The van der Waals surface area contributed by atoms with Gasteiger partial charge in [0.25, 0.3) is 0 Å². The number of hydrogen-bond acceptors (Lipinski definition) is 3. The van der Waals surface area contributed by atoms with Crippen LogP contribution in [0.3, 0.4) is 0 Å². The van der Waals surface area contributed by atoms with Crippen LogP contribution in [0, 0.1) is 5.92 Å². The van der Waals surface area contributed by atoms with Gasteiger partial charge in [0.2, 0.25) is 0 Å². The first kappa shape index (κ1) is 9.90. The first-order chi connectivity index (χ1) is 6.54. The summed E-state index contributed by atoms with van der Waals surface area (Å²) in [5.41, 5.74) is 16.2. The number of rotatable bonds is 0. The maximum absolute atomic E-state index is 6.14. The summed E-state index contributed by atoms with van der Waals surface area (Å²) in [5.74, 6) is 0.541. The van der Waals surface area contributed by atoms with E-state index in [0.29, 0.717) is 5.92 Å². The highest BCUT2D eigenvalue weighted by Gasteiger charge is 2.38. The summed E-state index contributed by atoms with van der Waals surface area (Å²) in [6.07, 6.45) is 3.37. The number of nitrogens with two attached hydrogens (primary N) is 2. The van der Waals surface area contributed by atoms with E-state index in [1.165, 1.54) is 16.7 Å². The van der Waals surface area contributed by atoms with Crippen LogP contribution in [0.2, 0.25) is 0 Å². The number of nitrogens with zero attached hydrogens (tertiary/aromatic N) is 1. The monoisotopic (exact) mass is 193 g/mol. The lowest BCUT2D eigenvalue weighted by Gasteiger charge is -2.23. The normalized spacial score (nSPS) is 38.6. The molecule has 0 radical (unpaired) electrons. The molecule has 0 saturated carbocycles. The van der Waals surface area contributed by atoms with Gasteiger partial charge in [-0.2, -0.15) is 0 Å². The number of hydrogen-bond donors (Lipinski definition) is 2. The lowest BCUT2D eigenvalue weighted by molar-refractivity contribution is 0.253. The molecule has 3 unspecified atom stereocenters. The van der Waals surface area contributed by atoms with Gasteiger partial charge in [-0.3, -0.25) is 4.90 Å². The molecule has 0 spiro atoms. The van der Waals surface area contributed by atoms with E-state index >= 15 is 0 Å². The second-order valence-corrected chi connectivity index (χ2v) is 4.45. The van der Waals surface area contributed by atoms with Crippen LogP contribution in [-0.4, -0.2) is 24.3 Å². The molecule has 3 heteroatoms. The van der Waals surface area contributed by atoms with Crippen molar-refractivity contribution in [1.29, 1.82) is 0 Å². The molecule has 78 valence electrons. The first-order valence-corrected chi connectivity index (χ1v) is 5.18. The number of allylic oxidation sites excluding steroid dienone is 1. The zero-order valence-electron chi connectivity index (χ0n) is 9.12. The van der Waals surface area contributed by atoms with E-state index in [0.717, 1.165) is 6.42 Å². The van der Waals surface area contributed by atoms with E-state index in [1.54, 1.807) is 0 Å². The summed E-state index contributed by atoms with van der Waals surface area (Å²) in [6.45, 7) is 4.36. The standard InChI is InChI=1S/C11H19N3/c1-6-4-5-7(2)9-8(6)10(12)14(3)11(9)13/h4,7,10-11H,5,12-13H2,1-3H3. The molecule has 0 bridgehead atoms. The van der Waals surface area contributed by atoms with E-state index in [2.05, 4.69) is 19.9 Å². The predicted octanol–water partition coefficient (Wildman–Crippen LogP) is 0.784. The van der Waals surface area contributed by atoms with Crippen LogP contribution in [0.25, 0.3) is 0 Å². The first-order valence-electron chi connectivity index (χ1n) is 5.18. The molecule has 0 amide bonds. The largest absolute Gasteiger partial charge is 0.312 e. The maximum atomic E-state index is 6.14. The molecule has 0 fully saturated rings. The van der Waals surface area contributed by atoms with Gasteiger partial charge in [0.05, 0.1) is 12.3 Å². The Labute approximate surface area is 85.4 Å². The zero-order valence-corrected chi connectivity index (χ0v) is 9.12. The molecular weight excluding hydrogens is 174 g/mol. The summed E-state index contributed by atoms with van der Waals surface area (Å²) in [5, 5.41) is 0. The van der Waals surface area contributed by atoms with Crippen LogP contribution >= 0.6 is 0 Å². The van der Waals surface area contributed by atoms with Crippen LogP contribution < -0.4 is 11.5 Å².